The van der Waals surface area contributed by atoms with E-state index in [0.29, 0.717) is 22.0 Å². The smallest absolute Gasteiger partial charge is 0.131 e. The molecule has 0 spiro atoms. The summed E-state index contributed by atoms with van der Waals surface area (Å²) in [4.78, 5) is 0. The van der Waals surface area contributed by atoms with E-state index in [2.05, 4.69) is 0 Å². The van der Waals surface area contributed by atoms with Crippen molar-refractivity contribution in [2.75, 3.05) is 0 Å². The Morgan fingerprint density at radius 1 is 1.00 bits per heavy atom. The van der Waals surface area contributed by atoms with Crippen LogP contribution in [0.2, 0.25) is 5.02 Å². The molecule has 0 aliphatic rings. The highest BCUT2D eigenvalue weighted by molar-refractivity contribution is 6.33. The number of hydrogen-bond acceptors (Lipinski definition) is 0. The van der Waals surface area contributed by atoms with E-state index >= 15 is 0 Å². The third-order valence-corrected chi connectivity index (χ3v) is 2.99. The van der Waals surface area contributed by atoms with Gasteiger partial charge >= 0.3 is 0 Å². The van der Waals surface area contributed by atoms with Crippen LogP contribution in [0.25, 0.3) is 11.1 Å². The quantitative estimate of drug-likeness (QED) is 0.670. The van der Waals surface area contributed by atoms with Gasteiger partial charge in [0.15, 0.2) is 0 Å². The van der Waals surface area contributed by atoms with Crippen molar-refractivity contribution in [3.05, 3.63) is 58.9 Å². The average molecular weight is 255 g/mol. The summed E-state index contributed by atoms with van der Waals surface area (Å²) in [6.45, 7) is 0. The summed E-state index contributed by atoms with van der Waals surface area (Å²) in [6.07, 6.45) is 0. The SMILES string of the molecule is Fc1ccc(CCl)cc1-c1ccccc1Cl. The fourth-order valence-electron chi connectivity index (χ4n) is 1.54. The molecule has 2 rings (SSSR count). The summed E-state index contributed by atoms with van der Waals surface area (Å²) in [7, 11) is 0. The Balaban J connectivity index is 2.59. The Bertz CT molecular complexity index is 509. The molecule has 0 amide bonds. The van der Waals surface area contributed by atoms with Crippen molar-refractivity contribution in [1.29, 1.82) is 0 Å². The molecule has 0 heterocycles. The molecule has 2 aromatic rings. The second-order valence-electron chi connectivity index (χ2n) is 3.43. The molecule has 0 unspecified atom stereocenters. The van der Waals surface area contributed by atoms with Gasteiger partial charge in [0.2, 0.25) is 0 Å². The lowest BCUT2D eigenvalue weighted by Gasteiger charge is -2.07. The normalized spacial score (nSPS) is 10.4. The minimum absolute atomic E-state index is 0.290. The van der Waals surface area contributed by atoms with Gasteiger partial charge in [0.05, 0.1) is 0 Å². The molecule has 0 nitrogen and oxygen atoms in total. The molecule has 0 aliphatic carbocycles. The van der Waals surface area contributed by atoms with Crippen LogP contribution >= 0.6 is 23.2 Å². The average Bonchev–Trinajstić information content (AvgIpc) is 2.31. The highest BCUT2D eigenvalue weighted by Crippen LogP contribution is 2.30. The van der Waals surface area contributed by atoms with Gasteiger partial charge in [-0.3, -0.25) is 0 Å². The van der Waals surface area contributed by atoms with E-state index in [9.17, 15) is 4.39 Å². The van der Waals surface area contributed by atoms with E-state index in [4.69, 9.17) is 23.2 Å². The first kappa shape index (κ1) is 11.4. The number of halogens is 3. The van der Waals surface area contributed by atoms with Crippen LogP contribution in [0.5, 0.6) is 0 Å². The number of benzene rings is 2. The maximum atomic E-state index is 13.7. The van der Waals surface area contributed by atoms with Crippen molar-refractivity contribution >= 4 is 23.2 Å². The summed E-state index contributed by atoms with van der Waals surface area (Å²) < 4.78 is 13.7. The van der Waals surface area contributed by atoms with Gasteiger partial charge in [-0.1, -0.05) is 35.9 Å². The Morgan fingerprint density at radius 3 is 2.44 bits per heavy atom. The van der Waals surface area contributed by atoms with Crippen molar-refractivity contribution in [3.8, 4) is 11.1 Å². The fourth-order valence-corrected chi connectivity index (χ4v) is 1.95. The first-order valence-corrected chi connectivity index (χ1v) is 5.73. The predicted molar refractivity (Wildman–Crippen MR) is 66.4 cm³/mol. The zero-order chi connectivity index (χ0) is 11.5. The van der Waals surface area contributed by atoms with Gasteiger partial charge in [-0.15, -0.1) is 11.6 Å². The Kier molecular flexibility index (Phi) is 3.47. The zero-order valence-electron chi connectivity index (χ0n) is 8.38. The van der Waals surface area contributed by atoms with Crippen LogP contribution < -0.4 is 0 Å². The van der Waals surface area contributed by atoms with Crippen LogP contribution in [0.3, 0.4) is 0 Å². The van der Waals surface area contributed by atoms with Gasteiger partial charge in [-0.05, 0) is 23.8 Å². The minimum atomic E-state index is -0.290. The van der Waals surface area contributed by atoms with Crippen molar-refractivity contribution in [2.24, 2.45) is 0 Å². The van der Waals surface area contributed by atoms with Crippen LogP contribution in [0.1, 0.15) is 5.56 Å². The third-order valence-electron chi connectivity index (χ3n) is 2.35. The van der Waals surface area contributed by atoms with Gasteiger partial charge < -0.3 is 0 Å². The molecular weight excluding hydrogens is 246 g/mol. The lowest BCUT2D eigenvalue weighted by atomic mass is 10.0. The molecule has 0 radical (unpaired) electrons. The Hall–Kier alpha value is -1.05. The van der Waals surface area contributed by atoms with E-state index in [1.54, 1.807) is 24.3 Å². The molecule has 82 valence electrons. The van der Waals surface area contributed by atoms with E-state index < -0.39 is 0 Å². The molecule has 0 aliphatic heterocycles. The van der Waals surface area contributed by atoms with Crippen LogP contribution in [0.15, 0.2) is 42.5 Å². The van der Waals surface area contributed by atoms with Gasteiger partial charge in [0.1, 0.15) is 5.82 Å². The van der Waals surface area contributed by atoms with E-state index in [1.807, 2.05) is 12.1 Å². The summed E-state index contributed by atoms with van der Waals surface area (Å²) in [5, 5.41) is 0.535. The van der Waals surface area contributed by atoms with Crippen molar-refractivity contribution in [1.82, 2.24) is 0 Å². The van der Waals surface area contributed by atoms with Crippen molar-refractivity contribution < 1.29 is 4.39 Å². The second-order valence-corrected chi connectivity index (χ2v) is 4.10. The summed E-state index contributed by atoms with van der Waals surface area (Å²) >= 11 is 11.7. The molecule has 0 saturated heterocycles. The topological polar surface area (TPSA) is 0 Å². The molecular formula is C13H9Cl2F. The summed E-state index contributed by atoms with van der Waals surface area (Å²) in [5.74, 6) is 0.0690. The number of alkyl halides is 1. The van der Waals surface area contributed by atoms with E-state index in [-0.39, 0.29) is 5.82 Å². The van der Waals surface area contributed by atoms with Gasteiger partial charge in [0.25, 0.3) is 0 Å². The Labute approximate surface area is 104 Å². The molecule has 0 fully saturated rings. The van der Waals surface area contributed by atoms with Gasteiger partial charge in [-0.25, -0.2) is 4.39 Å². The Morgan fingerprint density at radius 2 is 1.75 bits per heavy atom. The third kappa shape index (κ3) is 2.21. The first-order chi connectivity index (χ1) is 7.72. The lowest BCUT2D eigenvalue weighted by Crippen LogP contribution is -1.88. The first-order valence-electron chi connectivity index (χ1n) is 4.81. The summed E-state index contributed by atoms with van der Waals surface area (Å²) in [5.41, 5.74) is 2.05. The monoisotopic (exact) mass is 254 g/mol. The van der Waals surface area contributed by atoms with E-state index in [1.165, 1.54) is 6.07 Å². The number of rotatable bonds is 2. The van der Waals surface area contributed by atoms with Crippen LogP contribution in [-0.2, 0) is 5.88 Å². The lowest BCUT2D eigenvalue weighted by molar-refractivity contribution is 0.631. The summed E-state index contributed by atoms with van der Waals surface area (Å²) in [6, 6.07) is 12.0. The predicted octanol–water partition coefficient (Wildman–Crippen LogP) is 4.88. The maximum Gasteiger partial charge on any atom is 0.131 e. The zero-order valence-corrected chi connectivity index (χ0v) is 9.89. The van der Waals surface area contributed by atoms with Gasteiger partial charge in [0, 0.05) is 22.0 Å². The minimum Gasteiger partial charge on any atom is -0.206 e. The van der Waals surface area contributed by atoms with Crippen molar-refractivity contribution in [3.63, 3.8) is 0 Å². The van der Waals surface area contributed by atoms with Gasteiger partial charge in [-0.2, -0.15) is 0 Å². The molecule has 0 aromatic heterocycles. The van der Waals surface area contributed by atoms with Crippen LogP contribution in [-0.4, -0.2) is 0 Å². The van der Waals surface area contributed by atoms with E-state index in [0.717, 1.165) is 5.56 Å². The highest BCUT2D eigenvalue weighted by Gasteiger charge is 2.08. The molecule has 3 heteroatoms. The standard InChI is InChI=1S/C13H9Cl2F/c14-8-9-5-6-13(16)11(7-9)10-3-1-2-4-12(10)15/h1-7H,8H2. The van der Waals surface area contributed by atoms with Crippen molar-refractivity contribution in [2.45, 2.75) is 5.88 Å². The molecule has 0 atom stereocenters. The van der Waals surface area contributed by atoms with Crippen LogP contribution in [0.4, 0.5) is 4.39 Å². The fraction of sp³-hybridized carbons (Fsp3) is 0.0769. The maximum absolute atomic E-state index is 13.7. The molecule has 0 bridgehead atoms. The molecule has 0 saturated carbocycles. The second kappa shape index (κ2) is 4.86. The molecule has 16 heavy (non-hydrogen) atoms. The largest absolute Gasteiger partial charge is 0.206 e. The number of hydrogen-bond donors (Lipinski definition) is 0. The molecule has 0 N–H and O–H groups in total. The highest BCUT2D eigenvalue weighted by atomic mass is 35.5. The molecule has 2 aromatic carbocycles. The van der Waals surface area contributed by atoms with Crippen LogP contribution in [0, 0.1) is 5.82 Å².